The number of benzene rings is 1. The van der Waals surface area contributed by atoms with Crippen LogP contribution in [0.3, 0.4) is 0 Å². The molecule has 7 heteroatoms. The van der Waals surface area contributed by atoms with E-state index in [1.807, 2.05) is 18.2 Å². The molecule has 1 N–H and O–H groups in total. The Morgan fingerprint density at radius 2 is 1.91 bits per heavy atom. The van der Waals surface area contributed by atoms with E-state index in [9.17, 15) is 9.59 Å². The standard InChI is InChI=1S/C16H15ClN2O4/c17-16-13(7-4-9-18-16)19-14(20)11-23-15(21)8-10-22-12-5-2-1-3-6-12/h1-7,9H,8,10-11H2,(H,19,20). The number of pyridine rings is 1. The van der Waals surface area contributed by atoms with E-state index in [-0.39, 0.29) is 18.2 Å². The number of carbonyl (C=O) groups is 2. The van der Waals surface area contributed by atoms with Crippen molar-refractivity contribution < 1.29 is 19.1 Å². The van der Waals surface area contributed by atoms with E-state index in [0.717, 1.165) is 0 Å². The number of nitrogens with one attached hydrogen (secondary N) is 1. The Morgan fingerprint density at radius 1 is 1.13 bits per heavy atom. The summed E-state index contributed by atoms with van der Waals surface area (Å²) in [4.78, 5) is 27.0. The van der Waals surface area contributed by atoms with Crippen LogP contribution >= 0.6 is 11.6 Å². The minimum absolute atomic E-state index is 0.0514. The Bertz CT molecular complexity index is 664. The van der Waals surface area contributed by atoms with Crippen molar-refractivity contribution in [2.75, 3.05) is 18.5 Å². The largest absolute Gasteiger partial charge is 0.493 e. The maximum Gasteiger partial charge on any atom is 0.309 e. The molecule has 0 atom stereocenters. The highest BCUT2D eigenvalue weighted by Crippen LogP contribution is 2.17. The summed E-state index contributed by atoms with van der Waals surface area (Å²) in [5, 5.41) is 2.68. The van der Waals surface area contributed by atoms with Gasteiger partial charge in [0.15, 0.2) is 11.8 Å². The predicted octanol–water partition coefficient (Wildman–Crippen LogP) is 2.69. The molecule has 0 aliphatic rings. The van der Waals surface area contributed by atoms with Crippen molar-refractivity contribution in [2.24, 2.45) is 0 Å². The minimum atomic E-state index is -0.520. The van der Waals surface area contributed by atoms with Crippen LogP contribution in [0.15, 0.2) is 48.7 Å². The molecular formula is C16H15ClN2O4. The van der Waals surface area contributed by atoms with Gasteiger partial charge in [-0.3, -0.25) is 9.59 Å². The smallest absolute Gasteiger partial charge is 0.309 e. The normalized spacial score (nSPS) is 9.96. The summed E-state index contributed by atoms with van der Waals surface area (Å²) in [6.07, 6.45) is 1.56. The Kier molecular flexibility index (Phi) is 6.38. The topological polar surface area (TPSA) is 77.5 Å². The fourth-order valence-corrected chi connectivity index (χ4v) is 1.82. The first-order valence-corrected chi connectivity index (χ1v) is 7.27. The van der Waals surface area contributed by atoms with Crippen molar-refractivity contribution in [1.29, 1.82) is 0 Å². The average molecular weight is 335 g/mol. The van der Waals surface area contributed by atoms with Crippen LogP contribution in [0, 0.1) is 0 Å². The number of para-hydroxylation sites is 1. The van der Waals surface area contributed by atoms with Gasteiger partial charge in [0.1, 0.15) is 5.75 Å². The summed E-state index contributed by atoms with van der Waals surface area (Å²) in [5.74, 6) is -0.338. The fraction of sp³-hybridized carbons (Fsp3) is 0.188. The molecule has 2 rings (SSSR count). The molecule has 0 saturated carbocycles. The maximum absolute atomic E-state index is 11.7. The Labute approximate surface area is 138 Å². The lowest BCUT2D eigenvalue weighted by Gasteiger charge is -2.08. The number of hydrogen-bond acceptors (Lipinski definition) is 5. The number of aromatic nitrogens is 1. The molecule has 120 valence electrons. The zero-order chi connectivity index (χ0) is 16.5. The second-order valence-corrected chi connectivity index (χ2v) is 4.82. The second-order valence-electron chi connectivity index (χ2n) is 4.46. The predicted molar refractivity (Wildman–Crippen MR) is 85.4 cm³/mol. The third-order valence-electron chi connectivity index (χ3n) is 2.72. The maximum atomic E-state index is 11.7. The molecule has 0 bridgehead atoms. The van der Waals surface area contributed by atoms with Gasteiger partial charge in [0.05, 0.1) is 18.7 Å². The summed E-state index contributed by atoms with van der Waals surface area (Å²) >= 11 is 5.81. The lowest BCUT2D eigenvalue weighted by molar-refractivity contribution is -0.147. The number of carbonyl (C=O) groups excluding carboxylic acids is 2. The van der Waals surface area contributed by atoms with Crippen molar-refractivity contribution in [1.82, 2.24) is 4.98 Å². The van der Waals surface area contributed by atoms with E-state index in [1.165, 1.54) is 6.20 Å². The molecule has 1 aromatic carbocycles. The first-order valence-electron chi connectivity index (χ1n) is 6.89. The summed E-state index contributed by atoms with van der Waals surface area (Å²) < 4.78 is 10.2. The van der Waals surface area contributed by atoms with Crippen LogP contribution in [0.2, 0.25) is 5.15 Å². The molecule has 0 saturated heterocycles. The molecule has 0 unspecified atom stereocenters. The minimum Gasteiger partial charge on any atom is -0.493 e. The van der Waals surface area contributed by atoms with E-state index >= 15 is 0 Å². The van der Waals surface area contributed by atoms with Gasteiger partial charge in [0.2, 0.25) is 0 Å². The molecule has 1 aromatic heterocycles. The van der Waals surface area contributed by atoms with Crippen molar-refractivity contribution in [2.45, 2.75) is 6.42 Å². The summed E-state index contributed by atoms with van der Waals surface area (Å²) in [7, 11) is 0. The number of halogens is 1. The first kappa shape index (κ1) is 16.8. The number of ether oxygens (including phenoxy) is 2. The summed E-state index contributed by atoms with van der Waals surface area (Å²) in [6, 6.07) is 12.3. The van der Waals surface area contributed by atoms with Gasteiger partial charge in [0.25, 0.3) is 5.91 Å². The summed E-state index contributed by atoms with van der Waals surface area (Å²) in [6.45, 7) is -0.214. The van der Waals surface area contributed by atoms with Crippen molar-refractivity contribution in [3.05, 3.63) is 53.8 Å². The second kappa shape index (κ2) is 8.75. The van der Waals surface area contributed by atoms with Gasteiger partial charge in [-0.15, -0.1) is 0 Å². The number of nitrogens with zero attached hydrogens (tertiary/aromatic N) is 1. The van der Waals surface area contributed by atoms with Crippen LogP contribution in [0.5, 0.6) is 5.75 Å². The molecule has 23 heavy (non-hydrogen) atoms. The molecule has 0 aliphatic heterocycles. The molecule has 0 fully saturated rings. The van der Waals surface area contributed by atoms with Crippen molar-refractivity contribution >= 4 is 29.2 Å². The number of rotatable bonds is 7. The Morgan fingerprint density at radius 3 is 2.65 bits per heavy atom. The molecule has 1 heterocycles. The molecular weight excluding hydrogens is 320 g/mol. The van der Waals surface area contributed by atoms with E-state index in [4.69, 9.17) is 21.1 Å². The van der Waals surface area contributed by atoms with Gasteiger partial charge in [-0.25, -0.2) is 4.98 Å². The molecule has 0 aliphatic carbocycles. The van der Waals surface area contributed by atoms with Gasteiger partial charge >= 0.3 is 5.97 Å². The quantitative estimate of drug-likeness (QED) is 0.622. The van der Waals surface area contributed by atoms with Crippen LogP contribution in [0.1, 0.15) is 6.42 Å². The van der Waals surface area contributed by atoms with Gasteiger partial charge in [0, 0.05) is 6.20 Å². The lowest BCUT2D eigenvalue weighted by Crippen LogP contribution is -2.21. The first-order chi connectivity index (χ1) is 11.1. The Hall–Kier alpha value is -2.60. The van der Waals surface area contributed by atoms with E-state index < -0.39 is 18.5 Å². The Balaban J connectivity index is 1.66. The SMILES string of the molecule is O=C(COC(=O)CCOc1ccccc1)Nc1cccnc1Cl. The monoisotopic (exact) mass is 334 g/mol. The van der Waals surface area contributed by atoms with Gasteiger partial charge in [-0.05, 0) is 24.3 Å². The van der Waals surface area contributed by atoms with E-state index in [2.05, 4.69) is 10.3 Å². The van der Waals surface area contributed by atoms with Gasteiger partial charge in [-0.1, -0.05) is 29.8 Å². The van der Waals surface area contributed by atoms with Crippen LogP contribution in [0.4, 0.5) is 5.69 Å². The molecule has 0 radical (unpaired) electrons. The molecule has 2 aromatic rings. The fourth-order valence-electron chi connectivity index (χ4n) is 1.65. The zero-order valence-corrected chi connectivity index (χ0v) is 13.0. The number of amides is 1. The molecule has 0 spiro atoms. The highest BCUT2D eigenvalue weighted by atomic mass is 35.5. The van der Waals surface area contributed by atoms with E-state index in [1.54, 1.807) is 24.3 Å². The number of esters is 1. The number of anilines is 1. The highest BCUT2D eigenvalue weighted by Gasteiger charge is 2.10. The third-order valence-corrected chi connectivity index (χ3v) is 3.02. The van der Waals surface area contributed by atoms with Gasteiger partial charge in [-0.2, -0.15) is 0 Å². The van der Waals surface area contributed by atoms with Crippen LogP contribution in [-0.4, -0.2) is 30.1 Å². The van der Waals surface area contributed by atoms with Crippen LogP contribution in [0.25, 0.3) is 0 Å². The molecule has 1 amide bonds. The van der Waals surface area contributed by atoms with Gasteiger partial charge < -0.3 is 14.8 Å². The average Bonchev–Trinajstić information content (AvgIpc) is 2.56. The van der Waals surface area contributed by atoms with Crippen LogP contribution < -0.4 is 10.1 Å². The van der Waals surface area contributed by atoms with Crippen molar-refractivity contribution in [3.8, 4) is 5.75 Å². The lowest BCUT2D eigenvalue weighted by atomic mass is 10.3. The zero-order valence-electron chi connectivity index (χ0n) is 12.2. The molecule has 6 nitrogen and oxygen atoms in total. The number of hydrogen-bond donors (Lipinski definition) is 1. The van der Waals surface area contributed by atoms with Crippen LogP contribution in [-0.2, 0) is 14.3 Å². The van der Waals surface area contributed by atoms with E-state index in [0.29, 0.717) is 11.4 Å². The third kappa shape index (κ3) is 5.96. The van der Waals surface area contributed by atoms with Crippen molar-refractivity contribution in [3.63, 3.8) is 0 Å². The summed E-state index contributed by atoms with van der Waals surface area (Å²) in [5.41, 5.74) is 0.364. The highest BCUT2D eigenvalue weighted by molar-refractivity contribution is 6.32.